The molecule has 1 rings (SSSR count). The molecule has 0 bridgehead atoms. The van der Waals surface area contributed by atoms with Crippen LogP contribution in [0, 0.1) is 0 Å². The third kappa shape index (κ3) is 1.78. The minimum Gasteiger partial charge on any atom is -0.399 e. The fourth-order valence-electron chi connectivity index (χ4n) is 0.830. The van der Waals surface area contributed by atoms with E-state index in [1.165, 1.54) is 0 Å². The van der Waals surface area contributed by atoms with Gasteiger partial charge in [-0.05, 0) is 12.1 Å². The Hall–Kier alpha value is -1.35. The number of Topliss-reactive ketones (excluding diaryl/α,β-unsaturated/α-hetero) is 1. The molecule has 0 atom stereocenters. The van der Waals surface area contributed by atoms with Gasteiger partial charge in [0.15, 0.2) is 5.78 Å². The van der Waals surface area contributed by atoms with Crippen LogP contribution in [0.4, 0.5) is 5.69 Å². The maximum Gasteiger partial charge on any atom is 0.176 e. The van der Waals surface area contributed by atoms with Gasteiger partial charge in [0.25, 0.3) is 0 Å². The summed E-state index contributed by atoms with van der Waals surface area (Å²) in [5, 5.41) is 0. The predicted octanol–water partition coefficient (Wildman–Crippen LogP) is 0.410. The first-order chi connectivity index (χ1) is 5.24. The van der Waals surface area contributed by atoms with Crippen LogP contribution in [-0.4, -0.2) is 12.3 Å². The lowest BCUT2D eigenvalue weighted by molar-refractivity contribution is 0.100. The van der Waals surface area contributed by atoms with Crippen molar-refractivity contribution in [1.82, 2.24) is 0 Å². The maximum absolute atomic E-state index is 11.0. The maximum atomic E-state index is 11.0. The van der Waals surface area contributed by atoms with Gasteiger partial charge in [0.1, 0.15) is 0 Å². The lowest BCUT2D eigenvalue weighted by Crippen LogP contribution is -2.13. The first-order valence-corrected chi connectivity index (χ1v) is 3.33. The van der Waals surface area contributed by atoms with Crippen molar-refractivity contribution in [3.05, 3.63) is 29.8 Å². The van der Waals surface area contributed by atoms with Gasteiger partial charge in [0.05, 0.1) is 6.54 Å². The Morgan fingerprint density at radius 1 is 1.45 bits per heavy atom. The number of anilines is 1. The third-order valence-electron chi connectivity index (χ3n) is 1.39. The fraction of sp³-hybridized carbons (Fsp3) is 0.125. The Bertz CT molecular complexity index is 271. The monoisotopic (exact) mass is 150 g/mol. The van der Waals surface area contributed by atoms with Crippen LogP contribution in [0.2, 0.25) is 0 Å². The lowest BCUT2D eigenvalue weighted by Gasteiger charge is -1.97. The summed E-state index contributed by atoms with van der Waals surface area (Å²) >= 11 is 0. The van der Waals surface area contributed by atoms with Crippen molar-refractivity contribution in [2.45, 2.75) is 0 Å². The highest BCUT2D eigenvalue weighted by Crippen LogP contribution is 2.06. The van der Waals surface area contributed by atoms with E-state index in [-0.39, 0.29) is 12.3 Å². The van der Waals surface area contributed by atoms with Crippen LogP contribution in [0.5, 0.6) is 0 Å². The van der Waals surface area contributed by atoms with Gasteiger partial charge in [0.2, 0.25) is 0 Å². The van der Waals surface area contributed by atoms with Crippen LogP contribution in [0.3, 0.4) is 0 Å². The van der Waals surface area contributed by atoms with Crippen molar-refractivity contribution in [3.63, 3.8) is 0 Å². The Morgan fingerprint density at radius 2 is 2.18 bits per heavy atom. The number of hydrogen-bond acceptors (Lipinski definition) is 3. The zero-order valence-electron chi connectivity index (χ0n) is 6.08. The van der Waals surface area contributed by atoms with E-state index in [1.54, 1.807) is 24.3 Å². The van der Waals surface area contributed by atoms with Crippen molar-refractivity contribution in [1.29, 1.82) is 0 Å². The molecule has 1 aromatic rings. The number of benzene rings is 1. The topological polar surface area (TPSA) is 69.1 Å². The number of nitrogen functional groups attached to an aromatic ring is 1. The van der Waals surface area contributed by atoms with Gasteiger partial charge in [-0.2, -0.15) is 0 Å². The Balaban J connectivity index is 2.96. The molecular formula is C8H10N2O. The average molecular weight is 150 g/mol. The molecule has 3 heteroatoms. The largest absolute Gasteiger partial charge is 0.399 e. The van der Waals surface area contributed by atoms with E-state index in [9.17, 15) is 4.79 Å². The van der Waals surface area contributed by atoms with E-state index in [0.29, 0.717) is 11.3 Å². The molecule has 0 saturated heterocycles. The molecule has 4 N–H and O–H groups in total. The minimum absolute atomic E-state index is 0.0312. The van der Waals surface area contributed by atoms with E-state index in [0.717, 1.165) is 0 Å². The predicted molar refractivity (Wildman–Crippen MR) is 44.2 cm³/mol. The summed E-state index contributed by atoms with van der Waals surface area (Å²) in [7, 11) is 0. The molecule has 0 spiro atoms. The van der Waals surface area contributed by atoms with E-state index < -0.39 is 0 Å². The molecule has 0 aliphatic rings. The fourth-order valence-corrected chi connectivity index (χ4v) is 0.830. The Labute approximate surface area is 65.0 Å². The zero-order chi connectivity index (χ0) is 8.27. The molecule has 0 aromatic heterocycles. The first kappa shape index (κ1) is 7.75. The molecule has 1 aromatic carbocycles. The van der Waals surface area contributed by atoms with E-state index in [2.05, 4.69) is 0 Å². The van der Waals surface area contributed by atoms with Crippen molar-refractivity contribution >= 4 is 11.5 Å². The molecule has 3 nitrogen and oxygen atoms in total. The number of hydrogen-bond donors (Lipinski definition) is 2. The third-order valence-corrected chi connectivity index (χ3v) is 1.39. The molecule has 0 aliphatic carbocycles. The average Bonchev–Trinajstić information content (AvgIpc) is 2.03. The van der Waals surface area contributed by atoms with E-state index in [4.69, 9.17) is 11.5 Å². The van der Waals surface area contributed by atoms with Gasteiger partial charge in [-0.3, -0.25) is 4.79 Å². The van der Waals surface area contributed by atoms with Crippen LogP contribution in [-0.2, 0) is 0 Å². The first-order valence-electron chi connectivity index (χ1n) is 3.33. The molecule has 0 unspecified atom stereocenters. The molecule has 0 heterocycles. The second-order valence-electron chi connectivity index (χ2n) is 2.25. The Morgan fingerprint density at radius 3 is 2.73 bits per heavy atom. The normalized spacial score (nSPS) is 9.55. The van der Waals surface area contributed by atoms with Gasteiger partial charge < -0.3 is 11.5 Å². The van der Waals surface area contributed by atoms with Crippen LogP contribution >= 0.6 is 0 Å². The van der Waals surface area contributed by atoms with E-state index >= 15 is 0 Å². The van der Waals surface area contributed by atoms with Gasteiger partial charge in [0, 0.05) is 11.3 Å². The second-order valence-corrected chi connectivity index (χ2v) is 2.25. The highest BCUT2D eigenvalue weighted by molar-refractivity contribution is 5.98. The summed E-state index contributed by atoms with van der Waals surface area (Å²) in [6.07, 6.45) is 0. The highest BCUT2D eigenvalue weighted by atomic mass is 16.1. The van der Waals surface area contributed by atoms with E-state index in [1.807, 2.05) is 0 Å². The van der Waals surface area contributed by atoms with Gasteiger partial charge in [-0.1, -0.05) is 12.1 Å². The van der Waals surface area contributed by atoms with Crippen LogP contribution < -0.4 is 11.5 Å². The minimum atomic E-state index is -0.0858. The molecule has 0 fully saturated rings. The molecular weight excluding hydrogens is 140 g/mol. The number of rotatable bonds is 2. The van der Waals surface area contributed by atoms with Crippen LogP contribution in [0.1, 0.15) is 10.4 Å². The molecule has 0 amide bonds. The standard InChI is InChI=1S/C8H10N2O/c9-5-8(11)6-2-1-3-7(10)4-6/h1-4H,5,9-10H2. The summed E-state index contributed by atoms with van der Waals surface area (Å²) in [5.41, 5.74) is 11.8. The van der Waals surface area contributed by atoms with Crippen molar-refractivity contribution < 1.29 is 4.79 Å². The molecule has 0 saturated carbocycles. The smallest absolute Gasteiger partial charge is 0.176 e. The molecule has 11 heavy (non-hydrogen) atoms. The molecule has 58 valence electrons. The summed E-state index contributed by atoms with van der Waals surface area (Å²) < 4.78 is 0. The number of ketones is 1. The zero-order valence-corrected chi connectivity index (χ0v) is 6.08. The number of nitrogens with two attached hydrogens (primary N) is 2. The molecule has 0 radical (unpaired) electrons. The number of carbonyl (C=O) groups is 1. The Kier molecular flexibility index (Phi) is 2.23. The van der Waals surface area contributed by atoms with Crippen LogP contribution in [0.25, 0.3) is 0 Å². The summed E-state index contributed by atoms with van der Waals surface area (Å²) in [4.78, 5) is 11.0. The van der Waals surface area contributed by atoms with Gasteiger partial charge in [-0.25, -0.2) is 0 Å². The number of carbonyl (C=O) groups excluding carboxylic acids is 1. The summed E-state index contributed by atoms with van der Waals surface area (Å²) in [6.45, 7) is 0.0312. The molecule has 0 aliphatic heterocycles. The lowest BCUT2D eigenvalue weighted by atomic mass is 10.1. The second kappa shape index (κ2) is 3.16. The summed E-state index contributed by atoms with van der Waals surface area (Å²) in [6, 6.07) is 6.78. The van der Waals surface area contributed by atoms with Crippen molar-refractivity contribution in [2.75, 3.05) is 12.3 Å². The van der Waals surface area contributed by atoms with Crippen molar-refractivity contribution in [2.24, 2.45) is 5.73 Å². The summed E-state index contributed by atoms with van der Waals surface area (Å²) in [5.74, 6) is -0.0858. The SMILES string of the molecule is NCC(=O)c1cccc(N)c1. The van der Waals surface area contributed by atoms with Gasteiger partial charge >= 0.3 is 0 Å². The highest BCUT2D eigenvalue weighted by Gasteiger charge is 2.01. The van der Waals surface area contributed by atoms with Crippen LogP contribution in [0.15, 0.2) is 24.3 Å². The van der Waals surface area contributed by atoms with Gasteiger partial charge in [-0.15, -0.1) is 0 Å². The quantitative estimate of drug-likeness (QED) is 0.474. The van der Waals surface area contributed by atoms with Crippen molar-refractivity contribution in [3.8, 4) is 0 Å².